The summed E-state index contributed by atoms with van der Waals surface area (Å²) in [6.07, 6.45) is 5.27. The van der Waals surface area contributed by atoms with Crippen LogP contribution >= 0.6 is 0 Å². The summed E-state index contributed by atoms with van der Waals surface area (Å²) in [5.74, 6) is 2.46. The Morgan fingerprint density at radius 3 is 2.69 bits per heavy atom. The molecule has 2 aliphatic rings. The Bertz CT molecular complexity index is 645. The minimum atomic E-state index is -0.202. The Hall–Kier alpha value is -1.85. The van der Waals surface area contributed by atoms with Crippen LogP contribution in [0, 0.1) is 29.1 Å². The average molecular weight is 357 g/mol. The van der Waals surface area contributed by atoms with E-state index in [1.807, 2.05) is 0 Å². The van der Waals surface area contributed by atoms with Crippen molar-refractivity contribution in [3.8, 4) is 0 Å². The van der Waals surface area contributed by atoms with Gasteiger partial charge in [-0.3, -0.25) is 10.8 Å². The van der Waals surface area contributed by atoms with E-state index in [1.165, 1.54) is 17.6 Å². The maximum atomic E-state index is 10.7. The summed E-state index contributed by atoms with van der Waals surface area (Å²) >= 11 is 0. The smallest absolute Gasteiger partial charge is 0.200 e. The molecule has 0 amide bonds. The zero-order valence-corrected chi connectivity index (χ0v) is 15.8. The molecule has 0 heterocycles. The fraction of sp³-hybridized carbons (Fsp3) is 0.571. The van der Waals surface area contributed by atoms with E-state index in [-0.39, 0.29) is 12.1 Å². The molecule has 0 radical (unpaired) electrons. The first-order valence-corrected chi connectivity index (χ1v) is 9.69. The van der Waals surface area contributed by atoms with Crippen molar-refractivity contribution in [1.82, 2.24) is 10.9 Å². The lowest BCUT2D eigenvalue weighted by atomic mass is 9.65. The molecule has 2 fully saturated rings. The van der Waals surface area contributed by atoms with Gasteiger partial charge >= 0.3 is 0 Å². The van der Waals surface area contributed by atoms with E-state index in [0.717, 1.165) is 12.8 Å². The van der Waals surface area contributed by atoms with Crippen LogP contribution < -0.4 is 16.6 Å². The Balaban J connectivity index is 1.67. The van der Waals surface area contributed by atoms with Crippen molar-refractivity contribution in [1.29, 1.82) is 5.41 Å². The number of fused-ring (bicyclic) bond motifs is 1. The molecule has 2 aliphatic carbocycles. The molecule has 2 saturated carbocycles. The summed E-state index contributed by atoms with van der Waals surface area (Å²) in [4.78, 5) is 0. The van der Waals surface area contributed by atoms with Crippen molar-refractivity contribution in [2.75, 3.05) is 6.54 Å². The molecule has 1 aromatic carbocycles. The minimum absolute atomic E-state index is 0.0815. The van der Waals surface area contributed by atoms with Gasteiger partial charge in [0.2, 0.25) is 0 Å². The Labute approximate surface area is 156 Å². The lowest BCUT2D eigenvalue weighted by molar-refractivity contribution is 0.0653. The van der Waals surface area contributed by atoms with Gasteiger partial charge in [0.25, 0.3) is 0 Å². The zero-order valence-electron chi connectivity index (χ0n) is 15.8. The summed E-state index contributed by atoms with van der Waals surface area (Å²) in [7, 11) is 0. The van der Waals surface area contributed by atoms with Gasteiger partial charge in [-0.1, -0.05) is 48.9 Å². The van der Waals surface area contributed by atoms with Gasteiger partial charge < -0.3 is 10.8 Å². The predicted octanol–water partition coefficient (Wildman–Crippen LogP) is 2.75. The zero-order chi connectivity index (χ0) is 18.7. The summed E-state index contributed by atoms with van der Waals surface area (Å²) in [5, 5.41) is 17.9. The van der Waals surface area contributed by atoms with E-state index in [2.05, 4.69) is 61.1 Å². The average Bonchev–Trinajstić information content (AvgIpc) is 2.91. The number of rotatable bonds is 5. The standard InChI is InChI=1S/C21H32N4O/c1-13(12-24-25-21(22)23)8-17-11-19(26)18-10-16(9-14(2)20(17)18)15-6-4-3-5-7-15/h3-8,14,16-20,24,26H,9-12H2,1-2H3,(H4,22,23,25)/b13-8+/t14-,16+,17-,18-,19-,20-/m1/s1. The van der Waals surface area contributed by atoms with Gasteiger partial charge in [-0.15, -0.1) is 0 Å². The Morgan fingerprint density at radius 1 is 1.27 bits per heavy atom. The van der Waals surface area contributed by atoms with Crippen LogP contribution in [0.25, 0.3) is 0 Å². The van der Waals surface area contributed by atoms with Gasteiger partial charge in [-0.25, -0.2) is 5.43 Å². The van der Waals surface area contributed by atoms with Crippen molar-refractivity contribution in [2.24, 2.45) is 29.4 Å². The molecule has 6 atom stereocenters. The Morgan fingerprint density at radius 2 is 2.00 bits per heavy atom. The Kier molecular flexibility index (Phi) is 5.99. The molecule has 142 valence electrons. The van der Waals surface area contributed by atoms with Crippen LogP contribution in [0.4, 0.5) is 0 Å². The normalized spacial score (nSPS) is 34.3. The molecule has 0 spiro atoms. The monoisotopic (exact) mass is 356 g/mol. The number of nitrogens with two attached hydrogens (primary N) is 1. The molecule has 0 aromatic heterocycles. The van der Waals surface area contributed by atoms with Crippen molar-refractivity contribution in [3.63, 3.8) is 0 Å². The fourth-order valence-corrected chi connectivity index (χ4v) is 5.25. The van der Waals surface area contributed by atoms with Crippen molar-refractivity contribution < 1.29 is 5.11 Å². The molecule has 5 nitrogen and oxygen atoms in total. The van der Waals surface area contributed by atoms with Crippen LogP contribution in [0.3, 0.4) is 0 Å². The molecule has 1 aromatic rings. The van der Waals surface area contributed by atoms with Crippen LogP contribution in [0.1, 0.15) is 44.6 Å². The van der Waals surface area contributed by atoms with E-state index >= 15 is 0 Å². The maximum Gasteiger partial charge on any atom is 0.200 e. The molecule has 3 rings (SSSR count). The number of guanidine groups is 1. The van der Waals surface area contributed by atoms with Gasteiger partial charge in [0.15, 0.2) is 5.96 Å². The quantitative estimate of drug-likeness (QED) is 0.243. The van der Waals surface area contributed by atoms with Crippen LogP contribution in [0.2, 0.25) is 0 Å². The van der Waals surface area contributed by atoms with Gasteiger partial charge in [0, 0.05) is 6.54 Å². The number of benzene rings is 1. The SMILES string of the molecule is C/C(=C\[C@@H]1C[C@@H](O)[C@H]2C[C@@H](c3ccccc3)C[C@@H](C)[C@@H]21)CNNC(=N)N. The fourth-order valence-electron chi connectivity index (χ4n) is 5.25. The van der Waals surface area contributed by atoms with Gasteiger partial charge in [0.05, 0.1) is 6.10 Å². The second-order valence-corrected chi connectivity index (χ2v) is 8.17. The highest BCUT2D eigenvalue weighted by atomic mass is 16.3. The number of hydrogen-bond acceptors (Lipinski definition) is 3. The van der Waals surface area contributed by atoms with Crippen LogP contribution in [0.15, 0.2) is 42.0 Å². The van der Waals surface area contributed by atoms with E-state index in [1.54, 1.807) is 0 Å². The highest BCUT2D eigenvalue weighted by Crippen LogP contribution is 2.53. The number of nitrogens with one attached hydrogen (secondary N) is 3. The number of hydrazine groups is 1. The minimum Gasteiger partial charge on any atom is -0.393 e. The molecule has 26 heavy (non-hydrogen) atoms. The molecule has 0 saturated heterocycles. The predicted molar refractivity (Wildman–Crippen MR) is 105 cm³/mol. The highest BCUT2D eigenvalue weighted by molar-refractivity contribution is 5.73. The number of aliphatic hydroxyl groups excluding tert-OH is 1. The lowest BCUT2D eigenvalue weighted by Crippen LogP contribution is -2.42. The molecular formula is C21H32N4O. The van der Waals surface area contributed by atoms with E-state index < -0.39 is 0 Å². The van der Waals surface area contributed by atoms with Crippen molar-refractivity contribution >= 4 is 5.96 Å². The van der Waals surface area contributed by atoms with Crippen LogP contribution in [-0.2, 0) is 0 Å². The van der Waals surface area contributed by atoms with Crippen LogP contribution in [-0.4, -0.2) is 23.7 Å². The first-order chi connectivity index (χ1) is 12.5. The van der Waals surface area contributed by atoms with E-state index in [4.69, 9.17) is 11.1 Å². The third kappa shape index (κ3) is 4.27. The second-order valence-electron chi connectivity index (χ2n) is 8.17. The topological polar surface area (TPSA) is 94.2 Å². The van der Waals surface area contributed by atoms with Crippen molar-refractivity contribution in [2.45, 2.75) is 45.1 Å². The maximum absolute atomic E-state index is 10.7. The largest absolute Gasteiger partial charge is 0.393 e. The summed E-state index contributed by atoms with van der Waals surface area (Å²) in [6, 6.07) is 10.8. The van der Waals surface area contributed by atoms with Crippen LogP contribution in [0.5, 0.6) is 0 Å². The van der Waals surface area contributed by atoms with Gasteiger partial charge in [0.1, 0.15) is 0 Å². The molecule has 0 aliphatic heterocycles. The number of allylic oxidation sites excluding steroid dienone is 1. The molecule has 6 N–H and O–H groups in total. The van der Waals surface area contributed by atoms with E-state index in [0.29, 0.717) is 36.1 Å². The summed E-state index contributed by atoms with van der Waals surface area (Å²) in [5.41, 5.74) is 13.5. The number of hydrogen-bond donors (Lipinski definition) is 5. The van der Waals surface area contributed by atoms with Gasteiger partial charge in [-0.05, 0) is 61.3 Å². The summed E-state index contributed by atoms with van der Waals surface area (Å²) in [6.45, 7) is 5.09. The third-order valence-corrected chi connectivity index (χ3v) is 6.23. The molecular weight excluding hydrogens is 324 g/mol. The van der Waals surface area contributed by atoms with Crippen molar-refractivity contribution in [3.05, 3.63) is 47.5 Å². The third-order valence-electron chi connectivity index (χ3n) is 6.23. The lowest BCUT2D eigenvalue weighted by Gasteiger charge is -2.40. The molecule has 0 unspecified atom stereocenters. The van der Waals surface area contributed by atoms with E-state index in [9.17, 15) is 5.11 Å². The molecule has 5 heteroatoms. The highest BCUT2D eigenvalue weighted by Gasteiger charge is 2.48. The van der Waals surface area contributed by atoms with Gasteiger partial charge in [-0.2, -0.15) is 0 Å². The summed E-state index contributed by atoms with van der Waals surface area (Å²) < 4.78 is 0. The molecule has 0 bridgehead atoms. The first kappa shape index (κ1) is 18.9. The number of aliphatic hydroxyl groups is 1. The second kappa shape index (κ2) is 8.23. The first-order valence-electron chi connectivity index (χ1n) is 9.69.